The van der Waals surface area contributed by atoms with Crippen molar-refractivity contribution in [3.8, 4) is 0 Å². The van der Waals surface area contributed by atoms with Crippen LogP contribution in [0.2, 0.25) is 0 Å². The fraction of sp³-hybridized carbons (Fsp3) is 1.00. The summed E-state index contributed by atoms with van der Waals surface area (Å²) in [6, 6.07) is 0. The lowest BCUT2D eigenvalue weighted by molar-refractivity contribution is 0.111. The molecule has 144 valence electrons. The zero-order chi connectivity index (χ0) is 17.5. The molecule has 0 aromatic heterocycles. The highest BCUT2D eigenvalue weighted by molar-refractivity contribution is 4.73. The molecular formula is C17H38N4O3. The second-order valence-corrected chi connectivity index (χ2v) is 6.51. The van der Waals surface area contributed by atoms with Gasteiger partial charge in [0.2, 0.25) is 0 Å². The van der Waals surface area contributed by atoms with Crippen LogP contribution in [0.1, 0.15) is 19.3 Å². The maximum atomic E-state index is 9.19. The van der Waals surface area contributed by atoms with Crippen molar-refractivity contribution in [2.75, 3.05) is 91.8 Å². The molecule has 0 aromatic rings. The molecule has 0 aliphatic carbocycles. The number of unbranched alkanes of at least 4 members (excludes halogenated alkanes) is 2. The number of nitrogens with one attached hydrogen (secondary N) is 1. The summed E-state index contributed by atoms with van der Waals surface area (Å²) in [5.74, 6) is 0. The first-order valence-electron chi connectivity index (χ1n) is 9.50. The van der Waals surface area contributed by atoms with Crippen LogP contribution in [0.3, 0.4) is 0 Å². The van der Waals surface area contributed by atoms with E-state index < -0.39 is 0 Å². The Bertz CT molecular complexity index is 277. The predicted molar refractivity (Wildman–Crippen MR) is 97.3 cm³/mol. The maximum Gasteiger partial charge on any atom is 0.0558 e. The Morgan fingerprint density at radius 2 is 1.38 bits per heavy atom. The molecule has 0 radical (unpaired) electrons. The van der Waals surface area contributed by atoms with Gasteiger partial charge in [-0.05, 0) is 25.8 Å². The van der Waals surface area contributed by atoms with Crippen molar-refractivity contribution in [1.82, 2.24) is 20.0 Å². The van der Waals surface area contributed by atoms with Gasteiger partial charge >= 0.3 is 0 Å². The van der Waals surface area contributed by atoms with Crippen molar-refractivity contribution in [1.29, 1.82) is 0 Å². The summed E-state index contributed by atoms with van der Waals surface area (Å²) < 4.78 is 0. The van der Waals surface area contributed by atoms with Gasteiger partial charge in [0.25, 0.3) is 0 Å². The van der Waals surface area contributed by atoms with E-state index in [1.165, 1.54) is 6.42 Å². The lowest BCUT2D eigenvalue weighted by Crippen LogP contribution is -2.49. The smallest absolute Gasteiger partial charge is 0.0558 e. The molecule has 0 saturated carbocycles. The first kappa shape index (κ1) is 21.8. The van der Waals surface area contributed by atoms with Gasteiger partial charge in [0.1, 0.15) is 0 Å². The standard InChI is InChI=1S/C17H38N4O3/c22-15-3-1-2-6-19-8-11-21(12-9-19)13-10-20(14-17-24)7-4-18-5-16-23/h18,22-24H,1-17H2. The minimum atomic E-state index is 0.171. The Kier molecular flexibility index (Phi) is 13.6. The molecule has 7 nitrogen and oxygen atoms in total. The first-order valence-corrected chi connectivity index (χ1v) is 9.50. The Morgan fingerprint density at radius 3 is 2.00 bits per heavy atom. The topological polar surface area (TPSA) is 82.4 Å². The third kappa shape index (κ3) is 10.6. The van der Waals surface area contributed by atoms with E-state index in [1.807, 2.05) is 0 Å². The van der Waals surface area contributed by atoms with E-state index in [0.717, 1.165) is 71.7 Å². The van der Waals surface area contributed by atoms with E-state index in [1.54, 1.807) is 0 Å². The molecule has 0 unspecified atom stereocenters. The van der Waals surface area contributed by atoms with Crippen LogP contribution in [-0.4, -0.2) is 122 Å². The van der Waals surface area contributed by atoms with Gasteiger partial charge in [0.15, 0.2) is 0 Å². The summed E-state index contributed by atoms with van der Waals surface area (Å²) >= 11 is 0. The van der Waals surface area contributed by atoms with Gasteiger partial charge < -0.3 is 25.5 Å². The molecule has 0 atom stereocenters. The quantitative estimate of drug-likeness (QED) is 0.273. The highest BCUT2D eigenvalue weighted by Gasteiger charge is 2.16. The van der Waals surface area contributed by atoms with Crippen LogP contribution in [0.15, 0.2) is 0 Å². The summed E-state index contributed by atoms with van der Waals surface area (Å²) in [5.41, 5.74) is 0. The molecule has 1 fully saturated rings. The fourth-order valence-electron chi connectivity index (χ4n) is 3.06. The molecule has 0 amide bonds. The average molecular weight is 347 g/mol. The average Bonchev–Trinajstić information content (AvgIpc) is 2.61. The Labute approximate surface area is 147 Å². The molecule has 1 aliphatic rings. The van der Waals surface area contributed by atoms with Gasteiger partial charge in [-0.15, -0.1) is 0 Å². The number of aliphatic hydroxyl groups excluding tert-OH is 3. The van der Waals surface area contributed by atoms with Crippen molar-refractivity contribution in [3.63, 3.8) is 0 Å². The molecule has 1 heterocycles. The maximum absolute atomic E-state index is 9.19. The highest BCUT2D eigenvalue weighted by atomic mass is 16.3. The molecule has 7 heteroatoms. The lowest BCUT2D eigenvalue weighted by Gasteiger charge is -2.35. The van der Waals surface area contributed by atoms with Gasteiger partial charge in [-0.1, -0.05) is 0 Å². The summed E-state index contributed by atoms with van der Waals surface area (Å²) in [7, 11) is 0. The van der Waals surface area contributed by atoms with Gasteiger partial charge in [0, 0.05) is 72.1 Å². The molecule has 1 saturated heterocycles. The van der Waals surface area contributed by atoms with Gasteiger partial charge in [-0.2, -0.15) is 0 Å². The first-order chi connectivity index (χ1) is 11.8. The number of hydrogen-bond acceptors (Lipinski definition) is 7. The number of nitrogens with zero attached hydrogens (tertiary/aromatic N) is 3. The summed E-state index contributed by atoms with van der Waals surface area (Å²) in [5, 5.41) is 30.0. The van der Waals surface area contributed by atoms with Crippen LogP contribution >= 0.6 is 0 Å². The van der Waals surface area contributed by atoms with E-state index >= 15 is 0 Å². The fourth-order valence-corrected chi connectivity index (χ4v) is 3.06. The summed E-state index contributed by atoms with van der Waals surface area (Å²) in [6.07, 6.45) is 3.23. The third-order valence-corrected chi connectivity index (χ3v) is 4.64. The molecule has 24 heavy (non-hydrogen) atoms. The molecular weight excluding hydrogens is 308 g/mol. The number of piperazine rings is 1. The molecule has 0 aromatic carbocycles. The van der Waals surface area contributed by atoms with Gasteiger partial charge in [0.05, 0.1) is 13.2 Å². The van der Waals surface area contributed by atoms with Crippen LogP contribution < -0.4 is 5.32 Å². The van der Waals surface area contributed by atoms with Crippen LogP contribution in [0.4, 0.5) is 0 Å². The Balaban J connectivity index is 2.10. The van der Waals surface area contributed by atoms with E-state index in [9.17, 15) is 5.11 Å². The normalized spacial score (nSPS) is 17.0. The minimum Gasteiger partial charge on any atom is -0.396 e. The second kappa shape index (κ2) is 15.0. The number of hydrogen-bond donors (Lipinski definition) is 4. The summed E-state index contributed by atoms with van der Waals surface area (Å²) in [6.45, 7) is 11.5. The Hall–Kier alpha value is -0.280. The van der Waals surface area contributed by atoms with Crippen molar-refractivity contribution in [2.24, 2.45) is 0 Å². The SMILES string of the molecule is OCCCCCN1CCN(CCN(CCO)CCNCCO)CC1. The van der Waals surface area contributed by atoms with E-state index in [2.05, 4.69) is 20.0 Å². The van der Waals surface area contributed by atoms with Crippen LogP contribution in [0, 0.1) is 0 Å². The van der Waals surface area contributed by atoms with E-state index in [0.29, 0.717) is 19.7 Å². The third-order valence-electron chi connectivity index (χ3n) is 4.64. The van der Waals surface area contributed by atoms with Gasteiger partial charge in [-0.3, -0.25) is 9.80 Å². The predicted octanol–water partition coefficient (Wildman–Crippen LogP) is -1.36. The van der Waals surface area contributed by atoms with Crippen molar-refractivity contribution >= 4 is 0 Å². The molecule has 1 aliphatic heterocycles. The Morgan fingerprint density at radius 1 is 0.667 bits per heavy atom. The number of rotatable bonds is 15. The second-order valence-electron chi connectivity index (χ2n) is 6.51. The van der Waals surface area contributed by atoms with Crippen LogP contribution in [0.5, 0.6) is 0 Å². The van der Waals surface area contributed by atoms with Crippen molar-refractivity contribution in [3.05, 3.63) is 0 Å². The monoisotopic (exact) mass is 346 g/mol. The number of aliphatic hydroxyl groups is 3. The van der Waals surface area contributed by atoms with Crippen molar-refractivity contribution < 1.29 is 15.3 Å². The minimum absolute atomic E-state index is 0.171. The van der Waals surface area contributed by atoms with E-state index in [-0.39, 0.29) is 13.2 Å². The molecule has 1 rings (SSSR count). The zero-order valence-electron chi connectivity index (χ0n) is 15.2. The van der Waals surface area contributed by atoms with Gasteiger partial charge in [-0.25, -0.2) is 0 Å². The summed E-state index contributed by atoms with van der Waals surface area (Å²) in [4.78, 5) is 7.32. The van der Waals surface area contributed by atoms with E-state index in [4.69, 9.17) is 10.2 Å². The largest absolute Gasteiger partial charge is 0.396 e. The zero-order valence-corrected chi connectivity index (χ0v) is 15.2. The molecule has 0 bridgehead atoms. The lowest BCUT2D eigenvalue weighted by atomic mass is 10.2. The van der Waals surface area contributed by atoms with Crippen LogP contribution in [0.25, 0.3) is 0 Å². The van der Waals surface area contributed by atoms with Crippen LogP contribution in [-0.2, 0) is 0 Å². The van der Waals surface area contributed by atoms with Crippen molar-refractivity contribution in [2.45, 2.75) is 19.3 Å². The molecule has 4 N–H and O–H groups in total. The molecule has 0 spiro atoms. The highest BCUT2D eigenvalue weighted by Crippen LogP contribution is 2.05.